The Morgan fingerprint density at radius 1 is 1.27 bits per heavy atom. The molecule has 0 unspecified atom stereocenters. The van der Waals surface area contributed by atoms with Gasteiger partial charge in [0.1, 0.15) is 5.82 Å². The summed E-state index contributed by atoms with van der Waals surface area (Å²) in [6, 6.07) is 5.89. The minimum atomic E-state index is -0.304. The zero-order valence-corrected chi connectivity index (χ0v) is 8.12. The molecule has 3 nitrogen and oxygen atoms in total. The van der Waals surface area contributed by atoms with E-state index in [0.29, 0.717) is 11.3 Å². The van der Waals surface area contributed by atoms with Crippen LogP contribution >= 0.6 is 0 Å². The van der Waals surface area contributed by atoms with Crippen LogP contribution in [0, 0.1) is 12.7 Å². The summed E-state index contributed by atoms with van der Waals surface area (Å²) in [5.74, 6) is -0.304. The molecular formula is C11H9FN2O. The van der Waals surface area contributed by atoms with E-state index in [-0.39, 0.29) is 11.4 Å². The van der Waals surface area contributed by atoms with Crippen molar-refractivity contribution in [3.63, 3.8) is 0 Å². The number of nitrogens with zero attached hydrogens (tertiary/aromatic N) is 1. The molecule has 0 atom stereocenters. The number of benzene rings is 1. The van der Waals surface area contributed by atoms with Gasteiger partial charge in [0.05, 0.1) is 12.0 Å². The van der Waals surface area contributed by atoms with Gasteiger partial charge in [-0.1, -0.05) is 0 Å². The minimum absolute atomic E-state index is 0.177. The summed E-state index contributed by atoms with van der Waals surface area (Å²) >= 11 is 0. The number of hydrogen-bond acceptors (Lipinski definition) is 2. The first-order valence-corrected chi connectivity index (χ1v) is 4.48. The van der Waals surface area contributed by atoms with E-state index < -0.39 is 0 Å². The topological polar surface area (TPSA) is 45.8 Å². The average Bonchev–Trinajstić information content (AvgIpc) is 2.24. The van der Waals surface area contributed by atoms with Gasteiger partial charge in [-0.05, 0) is 31.2 Å². The van der Waals surface area contributed by atoms with E-state index in [1.54, 1.807) is 19.1 Å². The summed E-state index contributed by atoms with van der Waals surface area (Å²) in [7, 11) is 0. The monoisotopic (exact) mass is 204 g/mol. The van der Waals surface area contributed by atoms with Crippen molar-refractivity contribution >= 4 is 0 Å². The Morgan fingerprint density at radius 2 is 1.93 bits per heavy atom. The van der Waals surface area contributed by atoms with E-state index in [1.807, 2.05) is 0 Å². The lowest BCUT2D eigenvalue weighted by Crippen LogP contribution is -2.11. The summed E-state index contributed by atoms with van der Waals surface area (Å²) in [5.41, 5.74) is 1.67. The van der Waals surface area contributed by atoms with Crippen LogP contribution in [0.5, 0.6) is 0 Å². The first-order valence-electron chi connectivity index (χ1n) is 4.48. The average molecular weight is 204 g/mol. The van der Waals surface area contributed by atoms with E-state index in [4.69, 9.17) is 0 Å². The molecule has 0 aliphatic heterocycles. The Bertz CT molecular complexity index is 531. The Balaban J connectivity index is 2.59. The maximum Gasteiger partial charge on any atom is 0.254 e. The van der Waals surface area contributed by atoms with Gasteiger partial charge < -0.3 is 4.98 Å². The summed E-state index contributed by atoms with van der Waals surface area (Å²) in [6.45, 7) is 1.69. The van der Waals surface area contributed by atoms with Crippen LogP contribution in [0.4, 0.5) is 4.39 Å². The number of H-pyrrole nitrogens is 1. The SMILES string of the molecule is Cc1c(-c2ccc(F)cc2)nc[nH]c1=O. The number of halogens is 1. The third-order valence-electron chi connectivity index (χ3n) is 2.20. The molecule has 1 N–H and O–H groups in total. The highest BCUT2D eigenvalue weighted by atomic mass is 19.1. The smallest absolute Gasteiger partial charge is 0.254 e. The Labute approximate surface area is 85.6 Å². The molecular weight excluding hydrogens is 195 g/mol. The van der Waals surface area contributed by atoms with Crippen LogP contribution in [0.25, 0.3) is 11.3 Å². The number of hydrogen-bond donors (Lipinski definition) is 1. The van der Waals surface area contributed by atoms with Crippen LogP contribution in [0.1, 0.15) is 5.56 Å². The Kier molecular flexibility index (Phi) is 2.33. The van der Waals surface area contributed by atoms with Crippen LogP contribution in [0.15, 0.2) is 35.4 Å². The molecule has 0 amide bonds. The maximum atomic E-state index is 12.7. The first-order chi connectivity index (χ1) is 7.18. The lowest BCUT2D eigenvalue weighted by atomic mass is 10.1. The van der Waals surface area contributed by atoms with E-state index in [0.717, 1.165) is 5.56 Å². The molecule has 1 aromatic carbocycles. The van der Waals surface area contributed by atoms with Gasteiger partial charge in [0, 0.05) is 11.1 Å². The van der Waals surface area contributed by atoms with Gasteiger partial charge in [-0.15, -0.1) is 0 Å². The molecule has 0 aliphatic rings. The van der Waals surface area contributed by atoms with Crippen LogP contribution < -0.4 is 5.56 Å². The predicted octanol–water partition coefficient (Wildman–Crippen LogP) is 1.88. The van der Waals surface area contributed by atoms with E-state index in [2.05, 4.69) is 9.97 Å². The summed E-state index contributed by atoms with van der Waals surface area (Å²) in [6.07, 6.45) is 1.34. The second-order valence-electron chi connectivity index (χ2n) is 3.21. The Hall–Kier alpha value is -1.97. The lowest BCUT2D eigenvalue weighted by molar-refractivity contribution is 0.628. The van der Waals surface area contributed by atoms with Crippen molar-refractivity contribution < 1.29 is 4.39 Å². The minimum Gasteiger partial charge on any atom is -0.313 e. The van der Waals surface area contributed by atoms with Crippen molar-refractivity contribution in [2.45, 2.75) is 6.92 Å². The highest BCUT2D eigenvalue weighted by molar-refractivity contribution is 5.61. The fourth-order valence-electron chi connectivity index (χ4n) is 1.37. The third-order valence-corrected chi connectivity index (χ3v) is 2.20. The molecule has 4 heteroatoms. The lowest BCUT2D eigenvalue weighted by Gasteiger charge is -2.02. The predicted molar refractivity (Wildman–Crippen MR) is 55.0 cm³/mol. The summed E-state index contributed by atoms with van der Waals surface area (Å²) in [4.78, 5) is 17.9. The van der Waals surface area contributed by atoms with Crippen LogP contribution in [-0.2, 0) is 0 Å². The fourth-order valence-corrected chi connectivity index (χ4v) is 1.37. The van der Waals surface area contributed by atoms with Crippen molar-refractivity contribution in [3.05, 3.63) is 52.3 Å². The van der Waals surface area contributed by atoms with Gasteiger partial charge >= 0.3 is 0 Å². The molecule has 0 saturated heterocycles. The zero-order valence-electron chi connectivity index (χ0n) is 8.12. The van der Waals surface area contributed by atoms with E-state index in [9.17, 15) is 9.18 Å². The van der Waals surface area contributed by atoms with Crippen molar-refractivity contribution in [1.82, 2.24) is 9.97 Å². The fraction of sp³-hybridized carbons (Fsp3) is 0.0909. The van der Waals surface area contributed by atoms with Gasteiger partial charge in [-0.25, -0.2) is 9.37 Å². The van der Waals surface area contributed by atoms with E-state index in [1.165, 1.54) is 18.5 Å². The molecule has 0 radical (unpaired) electrons. The standard InChI is InChI=1S/C11H9FN2O/c1-7-10(13-6-14-11(7)15)8-2-4-9(12)5-3-8/h2-6H,1H3,(H,13,14,15). The van der Waals surface area contributed by atoms with Crippen molar-refractivity contribution in [3.8, 4) is 11.3 Å². The van der Waals surface area contributed by atoms with Crippen molar-refractivity contribution in [2.24, 2.45) is 0 Å². The third kappa shape index (κ3) is 1.79. The van der Waals surface area contributed by atoms with Crippen LogP contribution in [0.3, 0.4) is 0 Å². The van der Waals surface area contributed by atoms with Crippen molar-refractivity contribution in [2.75, 3.05) is 0 Å². The van der Waals surface area contributed by atoms with Crippen LogP contribution in [-0.4, -0.2) is 9.97 Å². The number of aromatic amines is 1. The molecule has 0 fully saturated rings. The molecule has 0 bridgehead atoms. The quantitative estimate of drug-likeness (QED) is 0.770. The van der Waals surface area contributed by atoms with Gasteiger partial charge in [-0.3, -0.25) is 4.79 Å². The molecule has 2 rings (SSSR count). The molecule has 1 heterocycles. The highest BCUT2D eigenvalue weighted by Gasteiger charge is 2.05. The van der Waals surface area contributed by atoms with Crippen molar-refractivity contribution in [1.29, 1.82) is 0 Å². The molecule has 76 valence electrons. The number of aromatic nitrogens is 2. The highest BCUT2D eigenvalue weighted by Crippen LogP contribution is 2.17. The first kappa shape index (κ1) is 9.58. The largest absolute Gasteiger partial charge is 0.313 e. The molecule has 0 spiro atoms. The van der Waals surface area contributed by atoms with Crippen LogP contribution in [0.2, 0.25) is 0 Å². The Morgan fingerprint density at radius 3 is 2.60 bits per heavy atom. The second kappa shape index (κ2) is 3.65. The zero-order chi connectivity index (χ0) is 10.8. The second-order valence-corrected chi connectivity index (χ2v) is 3.21. The van der Waals surface area contributed by atoms with Gasteiger partial charge in [0.25, 0.3) is 5.56 Å². The molecule has 1 aromatic heterocycles. The summed E-state index contributed by atoms with van der Waals surface area (Å²) in [5, 5.41) is 0. The molecule has 0 aliphatic carbocycles. The maximum absolute atomic E-state index is 12.7. The molecule has 0 saturated carbocycles. The molecule has 15 heavy (non-hydrogen) atoms. The van der Waals surface area contributed by atoms with Gasteiger partial charge in [0.15, 0.2) is 0 Å². The van der Waals surface area contributed by atoms with E-state index >= 15 is 0 Å². The van der Waals surface area contributed by atoms with Gasteiger partial charge in [0.2, 0.25) is 0 Å². The van der Waals surface area contributed by atoms with Gasteiger partial charge in [-0.2, -0.15) is 0 Å². The normalized spacial score (nSPS) is 10.3. The summed E-state index contributed by atoms with van der Waals surface area (Å²) < 4.78 is 12.7. The molecule has 2 aromatic rings. The number of nitrogens with one attached hydrogen (secondary N) is 1. The number of rotatable bonds is 1.